The second-order valence-electron chi connectivity index (χ2n) is 8.15. The van der Waals surface area contributed by atoms with Crippen molar-refractivity contribution < 1.29 is 14.3 Å². The zero-order valence-electron chi connectivity index (χ0n) is 18.7. The van der Waals surface area contributed by atoms with Crippen LogP contribution in [-0.2, 0) is 11.3 Å². The summed E-state index contributed by atoms with van der Waals surface area (Å²) in [6.45, 7) is 7.90. The molecule has 1 heterocycles. The molecule has 0 saturated carbocycles. The number of piperazine rings is 1. The van der Waals surface area contributed by atoms with Crippen molar-refractivity contribution in [3.63, 3.8) is 0 Å². The highest BCUT2D eigenvalue weighted by Gasteiger charge is 2.32. The summed E-state index contributed by atoms with van der Waals surface area (Å²) in [5.74, 6) is 0.741. The summed E-state index contributed by atoms with van der Waals surface area (Å²) in [6, 6.07) is 16.7. The Bertz CT molecular complexity index is 846. The van der Waals surface area contributed by atoms with Crippen molar-refractivity contribution >= 4 is 11.8 Å². The molecule has 0 aliphatic carbocycles. The minimum Gasteiger partial charge on any atom is -0.497 e. The SMILES string of the molecule is CC[C@H](C)[C@H](NC(=O)c1ccccc1)C(=O)N1CCN(Cc2ccc(OC)cc2)CC1. The molecule has 1 N–H and O–H groups in total. The summed E-state index contributed by atoms with van der Waals surface area (Å²) in [6.07, 6.45) is 0.822. The molecule has 0 aromatic heterocycles. The van der Waals surface area contributed by atoms with E-state index in [0.29, 0.717) is 18.7 Å². The number of nitrogens with one attached hydrogen (secondary N) is 1. The molecule has 0 radical (unpaired) electrons. The number of ether oxygens (including phenoxy) is 1. The Morgan fingerprint density at radius 2 is 1.65 bits per heavy atom. The number of hydrogen-bond donors (Lipinski definition) is 1. The highest BCUT2D eigenvalue weighted by molar-refractivity contribution is 5.97. The molecule has 2 amide bonds. The fourth-order valence-electron chi connectivity index (χ4n) is 3.81. The maximum Gasteiger partial charge on any atom is 0.251 e. The predicted molar refractivity (Wildman–Crippen MR) is 122 cm³/mol. The first kappa shape index (κ1) is 22.8. The maximum absolute atomic E-state index is 13.3. The Morgan fingerprint density at radius 3 is 2.23 bits per heavy atom. The molecule has 6 heteroatoms. The lowest BCUT2D eigenvalue weighted by molar-refractivity contribution is -0.136. The van der Waals surface area contributed by atoms with Crippen molar-refractivity contribution in [1.29, 1.82) is 0 Å². The van der Waals surface area contributed by atoms with Gasteiger partial charge in [0, 0.05) is 38.3 Å². The molecule has 2 aromatic carbocycles. The topological polar surface area (TPSA) is 61.9 Å². The molecule has 6 nitrogen and oxygen atoms in total. The molecule has 3 rings (SSSR count). The van der Waals surface area contributed by atoms with Crippen LogP contribution >= 0.6 is 0 Å². The van der Waals surface area contributed by atoms with Crippen LogP contribution in [0, 0.1) is 5.92 Å². The van der Waals surface area contributed by atoms with Gasteiger partial charge in [-0.05, 0) is 35.7 Å². The molecule has 166 valence electrons. The van der Waals surface area contributed by atoms with Crippen molar-refractivity contribution in [2.24, 2.45) is 5.92 Å². The fraction of sp³-hybridized carbons (Fsp3) is 0.440. The number of hydrogen-bond acceptors (Lipinski definition) is 4. The van der Waals surface area contributed by atoms with E-state index in [0.717, 1.165) is 31.8 Å². The molecule has 1 saturated heterocycles. The zero-order valence-corrected chi connectivity index (χ0v) is 18.7. The summed E-state index contributed by atoms with van der Waals surface area (Å²) in [5, 5.41) is 2.99. The lowest BCUT2D eigenvalue weighted by atomic mass is 9.97. The van der Waals surface area contributed by atoms with Gasteiger partial charge in [0.2, 0.25) is 5.91 Å². The second kappa shape index (κ2) is 11.0. The van der Waals surface area contributed by atoms with E-state index < -0.39 is 6.04 Å². The van der Waals surface area contributed by atoms with Crippen molar-refractivity contribution in [1.82, 2.24) is 15.1 Å². The summed E-state index contributed by atoms with van der Waals surface area (Å²) >= 11 is 0. The van der Waals surface area contributed by atoms with E-state index in [9.17, 15) is 9.59 Å². The molecule has 0 unspecified atom stereocenters. The van der Waals surface area contributed by atoms with Crippen LogP contribution in [0.4, 0.5) is 0 Å². The first-order chi connectivity index (χ1) is 15.0. The van der Waals surface area contributed by atoms with Crippen molar-refractivity contribution in [2.45, 2.75) is 32.9 Å². The predicted octanol–water partition coefficient (Wildman–Crippen LogP) is 3.18. The number of rotatable bonds is 8. The standard InChI is InChI=1S/C25H33N3O3/c1-4-19(2)23(26-24(29)21-8-6-5-7-9-21)25(30)28-16-14-27(15-17-28)18-20-10-12-22(31-3)13-11-20/h5-13,19,23H,4,14-18H2,1-3H3,(H,26,29)/t19-,23-/m0/s1. The van der Waals surface area contributed by atoms with E-state index in [1.165, 1.54) is 5.56 Å². The van der Waals surface area contributed by atoms with Crippen LogP contribution in [0.5, 0.6) is 5.75 Å². The lowest BCUT2D eigenvalue weighted by Crippen LogP contribution is -2.56. The van der Waals surface area contributed by atoms with Crippen LogP contribution < -0.4 is 10.1 Å². The first-order valence-corrected chi connectivity index (χ1v) is 11.0. The third-order valence-electron chi connectivity index (χ3n) is 6.05. The van der Waals surface area contributed by atoms with Gasteiger partial charge in [0.1, 0.15) is 11.8 Å². The van der Waals surface area contributed by atoms with Crippen LogP contribution in [-0.4, -0.2) is 60.9 Å². The third kappa shape index (κ3) is 6.07. The Kier molecular flexibility index (Phi) is 8.06. The van der Waals surface area contributed by atoms with Crippen LogP contribution in [0.1, 0.15) is 36.2 Å². The lowest BCUT2D eigenvalue weighted by Gasteiger charge is -2.37. The van der Waals surface area contributed by atoms with Gasteiger partial charge < -0.3 is 15.0 Å². The molecule has 2 aromatic rings. The first-order valence-electron chi connectivity index (χ1n) is 11.0. The largest absolute Gasteiger partial charge is 0.497 e. The minimum atomic E-state index is -0.508. The van der Waals surface area contributed by atoms with Crippen LogP contribution in [0.3, 0.4) is 0 Å². The van der Waals surface area contributed by atoms with E-state index >= 15 is 0 Å². The Morgan fingerprint density at radius 1 is 1.00 bits per heavy atom. The summed E-state index contributed by atoms with van der Waals surface area (Å²) in [7, 11) is 1.67. The van der Waals surface area contributed by atoms with E-state index in [-0.39, 0.29) is 17.7 Å². The number of carbonyl (C=O) groups excluding carboxylic acids is 2. The van der Waals surface area contributed by atoms with Gasteiger partial charge in [0.15, 0.2) is 0 Å². The second-order valence-corrected chi connectivity index (χ2v) is 8.15. The molecule has 0 bridgehead atoms. The normalized spacial score (nSPS) is 16.4. The molecular weight excluding hydrogens is 390 g/mol. The highest BCUT2D eigenvalue weighted by atomic mass is 16.5. The van der Waals surface area contributed by atoms with E-state index in [1.54, 1.807) is 19.2 Å². The Hall–Kier alpha value is -2.86. The Labute approximate surface area is 185 Å². The van der Waals surface area contributed by atoms with Gasteiger partial charge in [-0.3, -0.25) is 14.5 Å². The van der Waals surface area contributed by atoms with Crippen LogP contribution in [0.15, 0.2) is 54.6 Å². The van der Waals surface area contributed by atoms with Crippen LogP contribution in [0.2, 0.25) is 0 Å². The van der Waals surface area contributed by atoms with Gasteiger partial charge in [-0.1, -0.05) is 50.6 Å². The van der Waals surface area contributed by atoms with Gasteiger partial charge >= 0.3 is 0 Å². The van der Waals surface area contributed by atoms with Gasteiger partial charge in [0.25, 0.3) is 5.91 Å². The number of methoxy groups -OCH3 is 1. The zero-order chi connectivity index (χ0) is 22.2. The average Bonchev–Trinajstić information content (AvgIpc) is 2.83. The molecule has 1 fully saturated rings. The minimum absolute atomic E-state index is 0.0164. The van der Waals surface area contributed by atoms with Crippen molar-refractivity contribution in [2.75, 3.05) is 33.3 Å². The summed E-state index contributed by atoms with van der Waals surface area (Å²) in [4.78, 5) is 30.2. The van der Waals surface area contributed by atoms with E-state index in [2.05, 4.69) is 22.3 Å². The van der Waals surface area contributed by atoms with Crippen molar-refractivity contribution in [3.8, 4) is 5.75 Å². The van der Waals surface area contributed by atoms with Gasteiger partial charge in [-0.15, -0.1) is 0 Å². The fourth-order valence-corrected chi connectivity index (χ4v) is 3.81. The molecule has 1 aliphatic heterocycles. The molecule has 1 aliphatic rings. The van der Waals surface area contributed by atoms with Gasteiger partial charge in [-0.2, -0.15) is 0 Å². The smallest absolute Gasteiger partial charge is 0.251 e. The third-order valence-corrected chi connectivity index (χ3v) is 6.05. The quantitative estimate of drug-likeness (QED) is 0.708. The van der Waals surface area contributed by atoms with Crippen molar-refractivity contribution in [3.05, 3.63) is 65.7 Å². The molecule has 0 spiro atoms. The molecular formula is C25H33N3O3. The number of benzene rings is 2. The highest BCUT2D eigenvalue weighted by Crippen LogP contribution is 2.17. The van der Waals surface area contributed by atoms with Crippen LogP contribution in [0.25, 0.3) is 0 Å². The number of carbonyl (C=O) groups is 2. The molecule has 2 atom stereocenters. The average molecular weight is 424 g/mol. The van der Waals surface area contributed by atoms with Gasteiger partial charge in [-0.25, -0.2) is 0 Å². The Balaban J connectivity index is 1.57. The number of nitrogens with zero attached hydrogens (tertiary/aromatic N) is 2. The van der Waals surface area contributed by atoms with E-state index in [1.807, 2.05) is 49.1 Å². The monoisotopic (exact) mass is 423 g/mol. The maximum atomic E-state index is 13.3. The summed E-state index contributed by atoms with van der Waals surface area (Å²) < 4.78 is 5.22. The number of amides is 2. The van der Waals surface area contributed by atoms with Gasteiger partial charge in [0.05, 0.1) is 7.11 Å². The molecule has 31 heavy (non-hydrogen) atoms. The summed E-state index contributed by atoms with van der Waals surface area (Å²) in [5.41, 5.74) is 1.81. The van der Waals surface area contributed by atoms with E-state index in [4.69, 9.17) is 4.74 Å².